The standard InChI is InChI=1S/C47H42FN3O6/c1-44(2,3)56-42(54)49-36-25-17-16-24-34(36)39-38(49)29-46(51(40(39)52)43(55)57-45(4,5)6)35-28-33(48)26-27-37(35)50(41(46)53)47(30-18-10-7-11-19-30,31-20-12-8-13-21-31)32-22-14-9-15-23-32/h7-28H,29H2,1-6H3/t46-/m0/s1. The number of anilines is 1. The summed E-state index contributed by atoms with van der Waals surface area (Å²) >= 11 is 0. The number of halogens is 1. The molecule has 1 aromatic heterocycles. The fraction of sp³-hybridized carbons (Fsp3) is 0.234. The number of hydrogen-bond acceptors (Lipinski definition) is 6. The molecule has 0 radical (unpaired) electrons. The van der Waals surface area contributed by atoms with Crippen molar-refractivity contribution in [3.8, 4) is 0 Å². The van der Waals surface area contributed by atoms with E-state index in [9.17, 15) is 9.59 Å². The Labute approximate surface area is 330 Å². The minimum atomic E-state index is -2.25. The molecule has 0 N–H and O–H groups in total. The number of nitrogens with zero attached hydrogens (tertiary/aromatic N) is 3. The summed E-state index contributed by atoms with van der Waals surface area (Å²) in [5.41, 5.74) is -2.77. The highest BCUT2D eigenvalue weighted by atomic mass is 19.1. The van der Waals surface area contributed by atoms with Gasteiger partial charge in [0.2, 0.25) is 0 Å². The predicted molar refractivity (Wildman–Crippen MR) is 214 cm³/mol. The van der Waals surface area contributed by atoms with Gasteiger partial charge in [-0.25, -0.2) is 23.4 Å². The summed E-state index contributed by atoms with van der Waals surface area (Å²) in [5.74, 6) is -2.27. The number of para-hydroxylation sites is 1. The predicted octanol–water partition coefficient (Wildman–Crippen LogP) is 9.73. The van der Waals surface area contributed by atoms with Gasteiger partial charge in [-0.1, -0.05) is 109 Å². The number of fused-ring (bicyclic) bond motifs is 5. The first-order valence-corrected chi connectivity index (χ1v) is 18.8. The van der Waals surface area contributed by atoms with Gasteiger partial charge in [0, 0.05) is 23.1 Å². The van der Waals surface area contributed by atoms with Gasteiger partial charge < -0.3 is 9.47 Å². The van der Waals surface area contributed by atoms with E-state index in [-0.39, 0.29) is 22.5 Å². The van der Waals surface area contributed by atoms with E-state index in [1.165, 1.54) is 22.8 Å². The van der Waals surface area contributed by atoms with Crippen LogP contribution in [0.2, 0.25) is 0 Å². The summed E-state index contributed by atoms with van der Waals surface area (Å²) in [6, 6.07) is 39.1. The van der Waals surface area contributed by atoms with Gasteiger partial charge in [-0.3, -0.25) is 14.5 Å². The lowest BCUT2D eigenvalue weighted by Gasteiger charge is -2.46. The summed E-state index contributed by atoms with van der Waals surface area (Å²) < 4.78 is 29.1. The summed E-state index contributed by atoms with van der Waals surface area (Å²) in [5, 5.41) is 0.376. The van der Waals surface area contributed by atoms with Gasteiger partial charge in [-0.15, -0.1) is 0 Å². The van der Waals surface area contributed by atoms with E-state index in [4.69, 9.17) is 9.47 Å². The molecule has 3 heterocycles. The minimum absolute atomic E-state index is 0.0394. The maximum Gasteiger partial charge on any atom is 0.419 e. The monoisotopic (exact) mass is 763 g/mol. The molecule has 1 atom stereocenters. The SMILES string of the molecule is CC(C)(C)OC(=O)N1C(=O)c2c(n(C(=O)OC(C)(C)C)c3ccccc23)C[C@]12C(=O)N(C(c1ccccc1)(c1ccccc1)c1ccccc1)c1ccc(F)cc12. The van der Waals surface area contributed by atoms with Crippen molar-refractivity contribution >= 4 is 40.6 Å². The van der Waals surface area contributed by atoms with Crippen LogP contribution in [0.4, 0.5) is 19.7 Å². The van der Waals surface area contributed by atoms with Gasteiger partial charge in [0.25, 0.3) is 11.8 Å². The first-order chi connectivity index (χ1) is 27.1. The Kier molecular flexibility index (Phi) is 8.72. The van der Waals surface area contributed by atoms with Gasteiger partial charge in [0.05, 0.1) is 16.8 Å². The molecule has 2 aliphatic rings. The molecule has 288 valence electrons. The summed E-state index contributed by atoms with van der Waals surface area (Å²) in [7, 11) is 0. The van der Waals surface area contributed by atoms with E-state index in [0.717, 1.165) is 4.90 Å². The van der Waals surface area contributed by atoms with Crippen LogP contribution in [0.5, 0.6) is 0 Å². The number of hydrogen-bond donors (Lipinski definition) is 0. The molecule has 0 unspecified atom stereocenters. The normalized spacial score (nSPS) is 16.8. The maximum absolute atomic E-state index is 16.5. The third-order valence-electron chi connectivity index (χ3n) is 10.5. The Hall–Kier alpha value is -6.55. The van der Waals surface area contributed by atoms with Crippen LogP contribution < -0.4 is 4.90 Å². The molecule has 1 spiro atoms. The lowest BCUT2D eigenvalue weighted by Crippen LogP contribution is -2.64. The van der Waals surface area contributed by atoms with Crippen molar-refractivity contribution in [2.24, 2.45) is 0 Å². The zero-order chi connectivity index (χ0) is 40.5. The molecule has 0 saturated carbocycles. The molecule has 8 rings (SSSR count). The highest BCUT2D eigenvalue weighted by Crippen LogP contribution is 2.57. The molecule has 0 saturated heterocycles. The van der Waals surface area contributed by atoms with Crippen molar-refractivity contribution < 1.29 is 33.0 Å². The van der Waals surface area contributed by atoms with Crippen LogP contribution in [0.25, 0.3) is 10.9 Å². The Morgan fingerprint density at radius 1 is 0.649 bits per heavy atom. The number of carbonyl (C=O) groups is 4. The highest BCUT2D eigenvalue weighted by Gasteiger charge is 2.66. The van der Waals surface area contributed by atoms with Crippen molar-refractivity contribution in [3.63, 3.8) is 0 Å². The first kappa shape index (κ1) is 37.4. The molecule has 0 aliphatic carbocycles. The number of carbonyl (C=O) groups excluding carboxylic acids is 4. The van der Waals surface area contributed by atoms with E-state index in [0.29, 0.717) is 27.6 Å². The molecular weight excluding hydrogens is 722 g/mol. The lowest BCUT2D eigenvalue weighted by molar-refractivity contribution is -0.130. The second-order valence-electron chi connectivity index (χ2n) is 16.4. The second-order valence-corrected chi connectivity index (χ2v) is 16.4. The van der Waals surface area contributed by atoms with E-state index in [1.807, 2.05) is 91.0 Å². The Balaban J connectivity index is 1.50. The molecule has 57 heavy (non-hydrogen) atoms. The quantitative estimate of drug-likeness (QED) is 0.166. The number of amides is 3. The summed E-state index contributed by atoms with van der Waals surface area (Å²) in [4.78, 5) is 63.4. The molecule has 3 amide bonds. The third-order valence-corrected chi connectivity index (χ3v) is 10.5. The Morgan fingerprint density at radius 3 is 1.67 bits per heavy atom. The lowest BCUT2D eigenvalue weighted by atomic mass is 9.75. The van der Waals surface area contributed by atoms with E-state index >= 15 is 14.0 Å². The van der Waals surface area contributed by atoms with Gasteiger partial charge in [0.15, 0.2) is 5.54 Å². The molecule has 10 heteroatoms. The van der Waals surface area contributed by atoms with Crippen LogP contribution in [0.15, 0.2) is 133 Å². The van der Waals surface area contributed by atoms with Crippen LogP contribution in [-0.4, -0.2) is 44.7 Å². The van der Waals surface area contributed by atoms with E-state index < -0.39 is 58.5 Å². The smallest absolute Gasteiger partial charge is 0.419 e. The van der Waals surface area contributed by atoms with Crippen molar-refractivity contribution in [2.75, 3.05) is 4.90 Å². The van der Waals surface area contributed by atoms with Crippen molar-refractivity contribution in [2.45, 2.75) is 70.2 Å². The average Bonchev–Trinajstić information content (AvgIpc) is 3.61. The first-order valence-electron chi connectivity index (χ1n) is 18.8. The number of rotatable bonds is 4. The Bertz CT molecular complexity index is 2480. The second kappa shape index (κ2) is 13.3. The Morgan fingerprint density at radius 2 is 1.14 bits per heavy atom. The van der Waals surface area contributed by atoms with Crippen LogP contribution in [-0.2, 0) is 31.8 Å². The third kappa shape index (κ3) is 5.81. The zero-order valence-electron chi connectivity index (χ0n) is 32.6. The van der Waals surface area contributed by atoms with E-state index in [2.05, 4.69) is 0 Å². The maximum atomic E-state index is 16.5. The summed E-state index contributed by atoms with van der Waals surface area (Å²) in [6.45, 7) is 10.2. The number of aromatic nitrogens is 1. The van der Waals surface area contributed by atoms with Crippen LogP contribution in [0.1, 0.15) is 79.8 Å². The van der Waals surface area contributed by atoms with Crippen molar-refractivity contribution in [1.82, 2.24) is 9.47 Å². The number of imide groups is 1. The van der Waals surface area contributed by atoms with Crippen molar-refractivity contribution in [1.29, 1.82) is 0 Å². The topological polar surface area (TPSA) is 98.1 Å². The van der Waals surface area contributed by atoms with Gasteiger partial charge in [0.1, 0.15) is 22.6 Å². The van der Waals surface area contributed by atoms with Crippen LogP contribution >= 0.6 is 0 Å². The fourth-order valence-corrected chi connectivity index (χ4v) is 8.46. The van der Waals surface area contributed by atoms with Gasteiger partial charge >= 0.3 is 12.2 Å². The number of benzene rings is 5. The molecule has 0 fully saturated rings. The van der Waals surface area contributed by atoms with Crippen LogP contribution in [0.3, 0.4) is 0 Å². The molecule has 2 aliphatic heterocycles. The van der Waals surface area contributed by atoms with E-state index in [1.54, 1.807) is 70.7 Å². The van der Waals surface area contributed by atoms with Crippen LogP contribution in [0, 0.1) is 5.82 Å². The van der Waals surface area contributed by atoms with Crippen molar-refractivity contribution in [3.05, 3.63) is 173 Å². The summed E-state index contributed by atoms with van der Waals surface area (Å²) in [6.07, 6.45) is -2.27. The van der Waals surface area contributed by atoms with Gasteiger partial charge in [-0.05, 0) is 82.5 Å². The molecule has 6 aromatic rings. The largest absolute Gasteiger partial charge is 0.443 e. The zero-order valence-corrected chi connectivity index (χ0v) is 32.6. The highest BCUT2D eigenvalue weighted by molar-refractivity contribution is 6.21. The molecular formula is C47H42FN3O6. The average molecular weight is 764 g/mol. The minimum Gasteiger partial charge on any atom is -0.443 e. The molecule has 5 aromatic carbocycles. The van der Waals surface area contributed by atoms with Gasteiger partial charge in [-0.2, -0.15) is 0 Å². The fourth-order valence-electron chi connectivity index (χ4n) is 8.46. The number of ether oxygens (including phenoxy) is 2. The molecule has 0 bridgehead atoms. The molecule has 9 nitrogen and oxygen atoms in total.